The Hall–Kier alpha value is -3.76. The second-order valence-electron chi connectivity index (χ2n) is 8.61. The molecule has 36 heavy (non-hydrogen) atoms. The molecular formula is C25H28ClN7O3. The summed E-state index contributed by atoms with van der Waals surface area (Å²) in [5, 5.41) is 13.2. The van der Waals surface area contributed by atoms with Crippen molar-refractivity contribution in [1.29, 1.82) is 0 Å². The van der Waals surface area contributed by atoms with E-state index in [-0.39, 0.29) is 30.9 Å². The van der Waals surface area contributed by atoms with Gasteiger partial charge in [-0.2, -0.15) is 0 Å². The van der Waals surface area contributed by atoms with Crippen LogP contribution in [0.15, 0.2) is 42.7 Å². The van der Waals surface area contributed by atoms with Crippen LogP contribution >= 0.6 is 11.6 Å². The second kappa shape index (κ2) is 10.5. The highest BCUT2D eigenvalue weighted by molar-refractivity contribution is 6.33. The fourth-order valence-corrected chi connectivity index (χ4v) is 4.26. The number of fused-ring (bicyclic) bond motifs is 1. The number of nitrogens with zero attached hydrogens (tertiary/aromatic N) is 5. The first-order valence-electron chi connectivity index (χ1n) is 11.5. The van der Waals surface area contributed by atoms with Crippen molar-refractivity contribution in [3.8, 4) is 11.3 Å². The first-order valence-corrected chi connectivity index (χ1v) is 11.9. The Kier molecular flexibility index (Phi) is 7.37. The van der Waals surface area contributed by atoms with Gasteiger partial charge in [0.15, 0.2) is 0 Å². The van der Waals surface area contributed by atoms with Gasteiger partial charge in [-0.05, 0) is 43.2 Å². The van der Waals surface area contributed by atoms with Crippen molar-refractivity contribution in [2.75, 3.05) is 30.8 Å². The van der Waals surface area contributed by atoms with Gasteiger partial charge in [0, 0.05) is 37.5 Å². The summed E-state index contributed by atoms with van der Waals surface area (Å²) in [4.78, 5) is 42.2. The fourth-order valence-electron chi connectivity index (χ4n) is 4.06. The summed E-state index contributed by atoms with van der Waals surface area (Å²) in [5.41, 5.74) is 8.75. The Labute approximate surface area is 214 Å². The van der Waals surface area contributed by atoms with E-state index in [0.29, 0.717) is 21.8 Å². The molecule has 1 aromatic carbocycles. The summed E-state index contributed by atoms with van der Waals surface area (Å²) in [6, 6.07) is 7.52. The molecular weight excluding hydrogens is 482 g/mol. The normalized spacial score (nSPS) is 14.4. The number of anilines is 2. The number of nitrogen functional groups attached to an aromatic ring is 1. The average Bonchev–Trinajstić information content (AvgIpc) is 3.23. The molecule has 0 aliphatic carbocycles. The first kappa shape index (κ1) is 25.3. The summed E-state index contributed by atoms with van der Waals surface area (Å²) >= 11 is 6.23. The number of aliphatic hydroxyl groups is 1. The van der Waals surface area contributed by atoms with Crippen LogP contribution in [0.2, 0.25) is 5.02 Å². The molecule has 2 atom stereocenters. The Morgan fingerprint density at radius 1 is 1.31 bits per heavy atom. The van der Waals surface area contributed by atoms with Crippen LogP contribution < -0.4 is 16.0 Å². The third kappa shape index (κ3) is 4.95. The maximum atomic E-state index is 13.2. The quantitative estimate of drug-likeness (QED) is 0.421. The third-order valence-corrected chi connectivity index (χ3v) is 6.64. The second-order valence-corrected chi connectivity index (χ2v) is 9.02. The van der Waals surface area contributed by atoms with Crippen LogP contribution in [0.1, 0.15) is 41.4 Å². The van der Waals surface area contributed by atoms with E-state index in [1.54, 1.807) is 25.3 Å². The number of amides is 2. The van der Waals surface area contributed by atoms with Crippen molar-refractivity contribution < 1.29 is 14.7 Å². The maximum Gasteiger partial charge on any atom is 0.255 e. The smallest absolute Gasteiger partial charge is 0.255 e. The minimum absolute atomic E-state index is 0.0780. The molecule has 1 aliphatic heterocycles. The van der Waals surface area contributed by atoms with E-state index in [1.807, 2.05) is 37.1 Å². The van der Waals surface area contributed by atoms with Gasteiger partial charge in [0.05, 0.1) is 29.6 Å². The molecule has 2 amide bonds. The number of carbonyl (C=O) groups excluding carboxylic acids is 2. The Bertz CT molecular complexity index is 1300. The van der Waals surface area contributed by atoms with Crippen LogP contribution in [0.25, 0.3) is 11.3 Å². The van der Waals surface area contributed by atoms with Crippen molar-refractivity contribution in [2.24, 2.45) is 0 Å². The molecule has 0 saturated carbocycles. The zero-order chi connectivity index (χ0) is 26.0. The van der Waals surface area contributed by atoms with Crippen LogP contribution in [-0.4, -0.2) is 63.0 Å². The number of halogens is 1. The monoisotopic (exact) mass is 509 g/mol. The molecule has 3 aromatic rings. The molecule has 0 fully saturated rings. The van der Waals surface area contributed by atoms with Crippen LogP contribution in [0, 0.1) is 0 Å². The fraction of sp³-hybridized carbons (Fsp3) is 0.320. The van der Waals surface area contributed by atoms with Gasteiger partial charge < -0.3 is 26.0 Å². The number of benzene rings is 1. The van der Waals surface area contributed by atoms with E-state index in [9.17, 15) is 14.7 Å². The van der Waals surface area contributed by atoms with Gasteiger partial charge in [-0.25, -0.2) is 15.0 Å². The summed E-state index contributed by atoms with van der Waals surface area (Å²) in [5.74, 6) is 0.171. The van der Waals surface area contributed by atoms with E-state index >= 15 is 0 Å². The van der Waals surface area contributed by atoms with Crippen molar-refractivity contribution in [3.05, 3.63) is 64.4 Å². The van der Waals surface area contributed by atoms with Gasteiger partial charge in [-0.15, -0.1) is 0 Å². The van der Waals surface area contributed by atoms with Crippen LogP contribution in [-0.2, 0) is 11.3 Å². The number of hydrogen-bond acceptors (Lipinski definition) is 8. The van der Waals surface area contributed by atoms with Crippen LogP contribution in [0.3, 0.4) is 0 Å². The number of nitrogens with two attached hydrogens (primary N) is 1. The highest BCUT2D eigenvalue weighted by atomic mass is 35.5. The van der Waals surface area contributed by atoms with Gasteiger partial charge in [-0.1, -0.05) is 23.7 Å². The lowest BCUT2D eigenvalue weighted by atomic mass is 10.0. The SMILES string of the molecule is CCN(C)c1cc([C@@H](CO)NC(=O)[C@@H](C)N2Cc3ccc(-c4nc(N)ncc4Cl)cc3C2=O)ccn1. The maximum absolute atomic E-state index is 13.2. The highest BCUT2D eigenvalue weighted by Gasteiger charge is 2.35. The summed E-state index contributed by atoms with van der Waals surface area (Å²) in [6.07, 6.45) is 3.06. The molecule has 10 nitrogen and oxygen atoms in total. The molecule has 4 rings (SSSR count). The van der Waals surface area contributed by atoms with Gasteiger partial charge in [0.2, 0.25) is 11.9 Å². The summed E-state index contributed by atoms with van der Waals surface area (Å²) in [7, 11) is 1.91. The van der Waals surface area contributed by atoms with Crippen molar-refractivity contribution >= 4 is 35.2 Å². The molecule has 4 N–H and O–H groups in total. The number of nitrogens with one attached hydrogen (secondary N) is 1. The molecule has 0 bridgehead atoms. The van der Waals surface area contributed by atoms with Crippen molar-refractivity contribution in [1.82, 2.24) is 25.2 Å². The third-order valence-electron chi connectivity index (χ3n) is 6.36. The molecule has 0 radical (unpaired) electrons. The van der Waals surface area contributed by atoms with E-state index in [4.69, 9.17) is 17.3 Å². The molecule has 0 unspecified atom stereocenters. The van der Waals surface area contributed by atoms with Crippen LogP contribution in [0.5, 0.6) is 0 Å². The number of carbonyl (C=O) groups is 2. The minimum Gasteiger partial charge on any atom is -0.394 e. The van der Waals surface area contributed by atoms with Crippen molar-refractivity contribution in [2.45, 2.75) is 32.5 Å². The number of aromatic nitrogens is 3. The Morgan fingerprint density at radius 2 is 2.08 bits per heavy atom. The van der Waals surface area contributed by atoms with E-state index in [2.05, 4.69) is 20.3 Å². The lowest BCUT2D eigenvalue weighted by Gasteiger charge is -2.26. The topological polar surface area (TPSA) is 138 Å². The molecule has 0 spiro atoms. The van der Waals surface area contributed by atoms with E-state index < -0.39 is 12.1 Å². The van der Waals surface area contributed by atoms with Gasteiger partial charge in [0.1, 0.15) is 11.9 Å². The van der Waals surface area contributed by atoms with Crippen molar-refractivity contribution in [3.63, 3.8) is 0 Å². The first-order chi connectivity index (χ1) is 17.2. The average molecular weight is 510 g/mol. The van der Waals surface area contributed by atoms with Gasteiger partial charge in [0.25, 0.3) is 5.91 Å². The molecule has 3 heterocycles. The summed E-state index contributed by atoms with van der Waals surface area (Å²) < 4.78 is 0. The standard InChI is InChI=1S/C25H28ClN7O3/c1-4-32(3)21-10-15(7-8-28-21)20(13-34)30-23(35)14(2)33-12-17-6-5-16(9-18(17)24(33)36)22-19(26)11-29-25(27)31-22/h5-11,14,20,34H,4,12-13H2,1-3H3,(H,30,35)(H2,27,29,31)/t14-,20-/m1/s1. The molecule has 2 aromatic heterocycles. The van der Waals surface area contributed by atoms with E-state index in [0.717, 1.165) is 23.5 Å². The number of pyridine rings is 1. The molecule has 188 valence electrons. The highest BCUT2D eigenvalue weighted by Crippen LogP contribution is 2.32. The predicted octanol–water partition coefficient (Wildman–Crippen LogP) is 2.42. The van der Waals surface area contributed by atoms with Gasteiger partial charge >= 0.3 is 0 Å². The van der Waals surface area contributed by atoms with E-state index in [1.165, 1.54) is 11.1 Å². The predicted molar refractivity (Wildman–Crippen MR) is 137 cm³/mol. The number of hydrogen-bond donors (Lipinski definition) is 3. The number of aliphatic hydroxyl groups excluding tert-OH is 1. The molecule has 11 heteroatoms. The lowest BCUT2D eigenvalue weighted by molar-refractivity contribution is -0.126. The summed E-state index contributed by atoms with van der Waals surface area (Å²) in [6.45, 7) is 4.43. The van der Waals surface area contributed by atoms with Gasteiger partial charge in [-0.3, -0.25) is 9.59 Å². The Balaban J connectivity index is 1.51. The molecule has 0 saturated heterocycles. The lowest BCUT2D eigenvalue weighted by Crippen LogP contribution is -2.46. The zero-order valence-corrected chi connectivity index (χ0v) is 21.0. The molecule has 1 aliphatic rings. The Morgan fingerprint density at radius 3 is 2.81 bits per heavy atom. The minimum atomic E-state index is -0.764. The zero-order valence-electron chi connectivity index (χ0n) is 20.3. The van der Waals surface area contributed by atoms with Crippen LogP contribution in [0.4, 0.5) is 11.8 Å². The number of rotatable bonds is 8. The largest absolute Gasteiger partial charge is 0.394 e.